The molecule has 6 heteroatoms. The van der Waals surface area contributed by atoms with Crippen LogP contribution in [0, 0.1) is 6.92 Å². The Morgan fingerprint density at radius 2 is 1.79 bits per heavy atom. The van der Waals surface area contributed by atoms with E-state index in [2.05, 4.69) is 5.32 Å². The zero-order chi connectivity index (χ0) is 17.1. The van der Waals surface area contributed by atoms with Gasteiger partial charge in [0.15, 0.2) is 0 Å². The molecule has 0 saturated carbocycles. The van der Waals surface area contributed by atoms with Crippen LogP contribution in [-0.4, -0.2) is 16.2 Å². The lowest BCUT2D eigenvalue weighted by molar-refractivity contribution is -0.115. The van der Waals surface area contributed by atoms with E-state index in [1.165, 1.54) is 11.8 Å². The molecule has 1 N–H and O–H groups in total. The van der Waals surface area contributed by atoms with Crippen molar-refractivity contribution in [3.8, 4) is 5.75 Å². The van der Waals surface area contributed by atoms with Gasteiger partial charge in [-0.2, -0.15) is 0 Å². The van der Waals surface area contributed by atoms with Gasteiger partial charge in [-0.1, -0.05) is 53.8 Å². The lowest BCUT2D eigenvalue weighted by Gasteiger charge is -2.05. The Morgan fingerprint density at radius 3 is 2.38 bits per heavy atom. The summed E-state index contributed by atoms with van der Waals surface area (Å²) in [4.78, 5) is 24.2. The minimum Gasteiger partial charge on any atom is -0.423 e. The van der Waals surface area contributed by atoms with E-state index in [1.807, 2.05) is 19.1 Å². The number of hydrogen-bond acceptors (Lipinski definition) is 5. The summed E-state index contributed by atoms with van der Waals surface area (Å²) in [6, 6.07) is 14.1. The number of carbonyl (C=O) groups is 2. The lowest BCUT2D eigenvalue weighted by Crippen LogP contribution is -2.17. The molecule has 0 bridgehead atoms. The van der Waals surface area contributed by atoms with Crippen molar-refractivity contribution in [2.24, 2.45) is 0 Å². The van der Waals surface area contributed by atoms with E-state index in [4.69, 9.17) is 17.0 Å². The van der Waals surface area contributed by atoms with Crippen LogP contribution in [0.2, 0.25) is 0 Å². The van der Waals surface area contributed by atoms with Gasteiger partial charge in [0.25, 0.3) is 5.91 Å². The average molecular weight is 355 g/mol. The number of amides is 1. The number of aryl methyl sites for hydroxylation is 1. The Balaban J connectivity index is 1.69. The maximum atomic E-state index is 12.1. The Labute approximate surface area is 148 Å². The smallest absolute Gasteiger partial charge is 0.343 e. The molecule has 1 fully saturated rings. The third kappa shape index (κ3) is 3.90. The van der Waals surface area contributed by atoms with E-state index in [9.17, 15) is 9.59 Å². The fourth-order valence-corrected chi connectivity index (χ4v) is 3.10. The first kappa shape index (κ1) is 16.4. The summed E-state index contributed by atoms with van der Waals surface area (Å²) in [5.41, 5.74) is 2.41. The Hall–Kier alpha value is -2.44. The van der Waals surface area contributed by atoms with Crippen LogP contribution in [-0.2, 0) is 4.79 Å². The van der Waals surface area contributed by atoms with Crippen molar-refractivity contribution in [2.45, 2.75) is 6.92 Å². The SMILES string of the molecule is Cc1ccc(C(=O)Oc2ccc(/C=C3/SC(=S)NC3=O)cc2)cc1. The van der Waals surface area contributed by atoms with Gasteiger partial charge in [-0.25, -0.2) is 4.79 Å². The summed E-state index contributed by atoms with van der Waals surface area (Å²) in [7, 11) is 0. The normalized spacial score (nSPS) is 15.5. The summed E-state index contributed by atoms with van der Waals surface area (Å²) >= 11 is 6.17. The van der Waals surface area contributed by atoms with Gasteiger partial charge in [0, 0.05) is 0 Å². The van der Waals surface area contributed by atoms with Crippen molar-refractivity contribution >= 4 is 46.3 Å². The predicted octanol–water partition coefficient (Wildman–Crippen LogP) is 3.70. The first-order valence-corrected chi connectivity index (χ1v) is 8.37. The highest BCUT2D eigenvalue weighted by Gasteiger charge is 2.21. The minimum absolute atomic E-state index is 0.195. The van der Waals surface area contributed by atoms with Crippen molar-refractivity contribution in [1.82, 2.24) is 5.32 Å². The minimum atomic E-state index is -0.405. The van der Waals surface area contributed by atoms with Crippen LogP contribution in [0.5, 0.6) is 5.75 Å². The quantitative estimate of drug-likeness (QED) is 0.394. The molecule has 0 aliphatic carbocycles. The average Bonchev–Trinajstić information content (AvgIpc) is 2.87. The maximum absolute atomic E-state index is 12.1. The molecule has 2 aromatic carbocycles. The lowest BCUT2D eigenvalue weighted by atomic mass is 10.1. The molecule has 0 spiro atoms. The van der Waals surface area contributed by atoms with Gasteiger partial charge in [0.1, 0.15) is 10.1 Å². The number of ether oxygens (including phenoxy) is 1. The highest BCUT2D eigenvalue weighted by Crippen LogP contribution is 2.26. The maximum Gasteiger partial charge on any atom is 0.343 e. The van der Waals surface area contributed by atoms with Crippen LogP contribution >= 0.6 is 24.0 Å². The van der Waals surface area contributed by atoms with Crippen molar-refractivity contribution in [3.63, 3.8) is 0 Å². The second kappa shape index (κ2) is 6.98. The standard InChI is InChI=1S/C18H13NO3S2/c1-11-2-6-13(7-3-11)17(21)22-14-8-4-12(5-9-14)10-15-16(20)19-18(23)24-15/h2-10H,1H3,(H,19,20,23)/b15-10+. The van der Waals surface area contributed by atoms with Crippen molar-refractivity contribution in [1.29, 1.82) is 0 Å². The van der Waals surface area contributed by atoms with E-state index in [1.54, 1.807) is 42.5 Å². The highest BCUT2D eigenvalue weighted by atomic mass is 32.2. The van der Waals surface area contributed by atoms with Gasteiger partial charge in [-0.15, -0.1) is 0 Å². The molecule has 120 valence electrons. The van der Waals surface area contributed by atoms with Gasteiger partial charge >= 0.3 is 5.97 Å². The topological polar surface area (TPSA) is 55.4 Å². The number of hydrogen-bond donors (Lipinski definition) is 1. The van der Waals surface area contributed by atoms with Crippen LogP contribution in [0.15, 0.2) is 53.4 Å². The van der Waals surface area contributed by atoms with E-state index < -0.39 is 5.97 Å². The molecule has 2 aromatic rings. The van der Waals surface area contributed by atoms with Crippen LogP contribution in [0.4, 0.5) is 0 Å². The second-order valence-electron chi connectivity index (χ2n) is 5.18. The molecule has 0 aromatic heterocycles. The number of esters is 1. The first-order chi connectivity index (χ1) is 11.5. The van der Waals surface area contributed by atoms with Crippen LogP contribution in [0.25, 0.3) is 6.08 Å². The summed E-state index contributed by atoms with van der Waals surface area (Å²) < 4.78 is 5.79. The summed E-state index contributed by atoms with van der Waals surface area (Å²) in [6.07, 6.45) is 1.74. The molecule has 0 unspecified atom stereocenters. The molecule has 3 rings (SSSR count). The second-order valence-corrected chi connectivity index (χ2v) is 6.90. The van der Waals surface area contributed by atoms with Crippen molar-refractivity contribution < 1.29 is 14.3 Å². The van der Waals surface area contributed by atoms with Gasteiger partial charge < -0.3 is 10.1 Å². The van der Waals surface area contributed by atoms with Crippen molar-refractivity contribution in [3.05, 3.63) is 70.1 Å². The molecule has 1 aliphatic heterocycles. The van der Waals surface area contributed by atoms with Crippen LogP contribution in [0.1, 0.15) is 21.5 Å². The molecule has 1 amide bonds. The molecule has 1 heterocycles. The molecule has 1 saturated heterocycles. The molecule has 24 heavy (non-hydrogen) atoms. The number of carbonyl (C=O) groups excluding carboxylic acids is 2. The van der Waals surface area contributed by atoms with Gasteiger partial charge in [-0.3, -0.25) is 4.79 Å². The first-order valence-electron chi connectivity index (χ1n) is 7.15. The molecular formula is C18H13NO3S2. The number of thiocarbonyl (C=S) groups is 1. The Morgan fingerprint density at radius 1 is 1.12 bits per heavy atom. The molecule has 0 atom stereocenters. The molecule has 1 aliphatic rings. The molecular weight excluding hydrogens is 342 g/mol. The van der Waals surface area contributed by atoms with Crippen LogP contribution in [0.3, 0.4) is 0 Å². The number of rotatable bonds is 3. The molecule has 0 radical (unpaired) electrons. The fourth-order valence-electron chi connectivity index (χ4n) is 2.06. The zero-order valence-corrected chi connectivity index (χ0v) is 14.4. The molecule has 4 nitrogen and oxygen atoms in total. The Kier molecular flexibility index (Phi) is 4.78. The van der Waals surface area contributed by atoms with Gasteiger partial charge in [-0.05, 0) is 42.8 Å². The van der Waals surface area contributed by atoms with Gasteiger partial charge in [0.2, 0.25) is 0 Å². The van der Waals surface area contributed by atoms with E-state index >= 15 is 0 Å². The van der Waals surface area contributed by atoms with E-state index in [-0.39, 0.29) is 5.91 Å². The number of nitrogens with one attached hydrogen (secondary N) is 1. The van der Waals surface area contributed by atoms with Gasteiger partial charge in [0.05, 0.1) is 10.5 Å². The summed E-state index contributed by atoms with van der Waals surface area (Å²) in [5.74, 6) is -0.154. The third-order valence-electron chi connectivity index (χ3n) is 3.32. The van der Waals surface area contributed by atoms with Crippen molar-refractivity contribution in [2.75, 3.05) is 0 Å². The third-order valence-corrected chi connectivity index (χ3v) is 4.48. The largest absolute Gasteiger partial charge is 0.423 e. The zero-order valence-electron chi connectivity index (χ0n) is 12.7. The fraction of sp³-hybridized carbons (Fsp3) is 0.0556. The highest BCUT2D eigenvalue weighted by molar-refractivity contribution is 8.26. The number of benzene rings is 2. The predicted molar refractivity (Wildman–Crippen MR) is 98.9 cm³/mol. The summed E-state index contributed by atoms with van der Waals surface area (Å²) in [6.45, 7) is 1.96. The van der Waals surface area contributed by atoms with E-state index in [0.29, 0.717) is 20.5 Å². The monoisotopic (exact) mass is 355 g/mol. The van der Waals surface area contributed by atoms with E-state index in [0.717, 1.165) is 11.1 Å². The Bertz CT molecular complexity index is 840. The number of thioether (sulfide) groups is 1. The van der Waals surface area contributed by atoms with Crippen LogP contribution < -0.4 is 10.1 Å². The summed E-state index contributed by atoms with van der Waals surface area (Å²) in [5, 5.41) is 2.56.